The highest BCUT2D eigenvalue weighted by atomic mass is 14.5. The lowest BCUT2D eigenvalue weighted by Crippen LogP contribution is -2.39. The molecule has 0 bridgehead atoms. The van der Waals surface area contributed by atoms with E-state index in [0.717, 1.165) is 19.3 Å². The molecule has 0 aromatic heterocycles. The van der Waals surface area contributed by atoms with E-state index in [9.17, 15) is 0 Å². The molecule has 1 fully saturated rings. The average molecular weight is 629 g/mol. The predicted octanol–water partition coefficient (Wildman–Crippen LogP) is 11.3. The van der Waals surface area contributed by atoms with Crippen LogP contribution in [0.25, 0.3) is 50.2 Å². The van der Waals surface area contributed by atoms with Crippen molar-refractivity contribution >= 4 is 28.0 Å². The molecule has 10 rings (SSSR count). The van der Waals surface area contributed by atoms with Gasteiger partial charge < -0.3 is 0 Å². The molecule has 1 saturated carbocycles. The first-order valence-corrected chi connectivity index (χ1v) is 18.2. The summed E-state index contributed by atoms with van der Waals surface area (Å²) in [7, 11) is 0. The molecule has 0 radical (unpaired) electrons. The summed E-state index contributed by atoms with van der Waals surface area (Å²) >= 11 is 0. The quantitative estimate of drug-likeness (QED) is 0.206. The second kappa shape index (κ2) is 11.2. The Morgan fingerprint density at radius 1 is 0.592 bits per heavy atom. The highest BCUT2D eigenvalue weighted by molar-refractivity contribution is 6.05. The first-order chi connectivity index (χ1) is 24.2. The highest BCUT2D eigenvalue weighted by Gasteiger charge is 2.42. The van der Waals surface area contributed by atoms with Gasteiger partial charge in [0.1, 0.15) is 0 Å². The number of hydrogen-bond donors (Lipinski definition) is 0. The number of fused-ring (bicyclic) bond motifs is 2. The maximum absolute atomic E-state index is 2.53. The van der Waals surface area contributed by atoms with Crippen molar-refractivity contribution < 1.29 is 0 Å². The lowest BCUT2D eigenvalue weighted by atomic mass is 9.72. The van der Waals surface area contributed by atoms with Gasteiger partial charge in [0.25, 0.3) is 0 Å². The van der Waals surface area contributed by atoms with E-state index in [0.29, 0.717) is 5.41 Å². The van der Waals surface area contributed by atoms with Gasteiger partial charge in [0.2, 0.25) is 0 Å². The third-order valence-corrected chi connectivity index (χ3v) is 11.9. The van der Waals surface area contributed by atoms with Gasteiger partial charge in [-0.3, -0.25) is 0 Å². The molecule has 0 heterocycles. The first-order valence-electron chi connectivity index (χ1n) is 18.2. The van der Waals surface area contributed by atoms with Crippen molar-refractivity contribution in [3.8, 4) is 22.3 Å². The molecule has 6 aliphatic carbocycles. The van der Waals surface area contributed by atoms with E-state index in [-0.39, 0.29) is 5.92 Å². The molecule has 0 spiro atoms. The lowest BCUT2D eigenvalue weighted by molar-refractivity contribution is 0.682. The molecule has 0 heteroatoms. The fraction of sp³-hybridized carbons (Fsp3) is 0.184. The molecule has 236 valence electrons. The summed E-state index contributed by atoms with van der Waals surface area (Å²) in [6.07, 6.45) is 33.4. The van der Waals surface area contributed by atoms with Crippen molar-refractivity contribution in [1.82, 2.24) is 0 Å². The molecule has 0 amide bonds. The molecule has 1 unspecified atom stereocenters. The monoisotopic (exact) mass is 628 g/mol. The van der Waals surface area contributed by atoms with Gasteiger partial charge in [-0.2, -0.15) is 0 Å². The van der Waals surface area contributed by atoms with E-state index in [1.54, 1.807) is 16.7 Å². The number of allylic oxidation sites excluding steroid dienone is 16. The zero-order valence-corrected chi connectivity index (χ0v) is 28.2. The molecule has 0 nitrogen and oxygen atoms in total. The maximum Gasteiger partial charge on any atom is 0.0346 e. The minimum atomic E-state index is 0.277. The van der Waals surface area contributed by atoms with Gasteiger partial charge in [-0.15, -0.1) is 0 Å². The van der Waals surface area contributed by atoms with Crippen LogP contribution in [0, 0.1) is 11.3 Å². The first kappa shape index (κ1) is 28.8. The average Bonchev–Trinajstić information content (AvgIpc) is 3.93. The minimum absolute atomic E-state index is 0.277. The molecular weight excluding hydrogens is 589 g/mol. The Hall–Kier alpha value is -5.20. The molecule has 6 aliphatic rings. The van der Waals surface area contributed by atoms with E-state index in [4.69, 9.17) is 0 Å². The van der Waals surface area contributed by atoms with Crippen LogP contribution < -0.4 is 10.4 Å². The summed E-state index contributed by atoms with van der Waals surface area (Å²) in [4.78, 5) is 0. The van der Waals surface area contributed by atoms with Gasteiger partial charge in [-0.25, -0.2) is 0 Å². The van der Waals surface area contributed by atoms with Crippen molar-refractivity contribution in [2.45, 2.75) is 45.4 Å². The van der Waals surface area contributed by atoms with Gasteiger partial charge >= 0.3 is 0 Å². The van der Waals surface area contributed by atoms with Crippen LogP contribution in [-0.2, 0) is 0 Å². The Kier molecular flexibility index (Phi) is 6.56. The predicted molar refractivity (Wildman–Crippen MR) is 208 cm³/mol. The van der Waals surface area contributed by atoms with Crippen LogP contribution in [0.5, 0.6) is 0 Å². The van der Waals surface area contributed by atoms with Crippen molar-refractivity contribution in [3.05, 3.63) is 183 Å². The van der Waals surface area contributed by atoms with Crippen LogP contribution in [0.1, 0.15) is 51.0 Å². The van der Waals surface area contributed by atoms with Crippen LogP contribution in [0.15, 0.2) is 167 Å². The maximum atomic E-state index is 2.53. The number of rotatable bonds is 5. The van der Waals surface area contributed by atoms with Crippen LogP contribution >= 0.6 is 0 Å². The summed E-state index contributed by atoms with van der Waals surface area (Å²) in [5.74, 6) is 0.277. The van der Waals surface area contributed by atoms with E-state index in [2.05, 4.69) is 153 Å². The second-order valence-corrected chi connectivity index (χ2v) is 14.9. The fourth-order valence-corrected chi connectivity index (χ4v) is 9.18. The number of benzene rings is 4. The zero-order chi connectivity index (χ0) is 32.5. The standard InChI is InChI=1S/C49H40/c1-49(29-30-49)44-20-8-7-16-39(44)34-23-27-36(28-24-34)46-40-17-5-6-18-41(40)47(37-25-21-33(22-26-37)32-11-3-2-4-12-32)48-42-19-10-14-35-13-9-15-38(45(35)42)31-43(46)48/h2-6,8-15,17-23,25-27,31,45H,7,16,24,28-30H2,1H3. The summed E-state index contributed by atoms with van der Waals surface area (Å²) in [6, 6.07) is 29.2. The van der Waals surface area contributed by atoms with Crippen LogP contribution in [0.4, 0.5) is 0 Å². The van der Waals surface area contributed by atoms with Gasteiger partial charge in [-0.1, -0.05) is 147 Å². The minimum Gasteiger partial charge on any atom is -0.0839 e. The lowest BCUT2D eigenvalue weighted by Gasteiger charge is -2.31. The Morgan fingerprint density at radius 2 is 1.27 bits per heavy atom. The summed E-state index contributed by atoms with van der Waals surface area (Å²) in [5.41, 5.74) is 17.4. The van der Waals surface area contributed by atoms with Crippen molar-refractivity contribution in [3.63, 3.8) is 0 Å². The third-order valence-electron chi connectivity index (χ3n) is 11.9. The van der Waals surface area contributed by atoms with Crippen molar-refractivity contribution in [2.24, 2.45) is 11.3 Å². The summed E-state index contributed by atoms with van der Waals surface area (Å²) < 4.78 is 0. The van der Waals surface area contributed by atoms with Crippen LogP contribution in [-0.4, -0.2) is 0 Å². The van der Waals surface area contributed by atoms with E-state index in [1.807, 2.05) is 0 Å². The van der Waals surface area contributed by atoms with Gasteiger partial charge in [0, 0.05) is 5.92 Å². The summed E-state index contributed by atoms with van der Waals surface area (Å²) in [6.45, 7) is 2.47. The second-order valence-electron chi connectivity index (χ2n) is 14.9. The van der Waals surface area contributed by atoms with E-state index >= 15 is 0 Å². The third kappa shape index (κ3) is 4.65. The molecule has 0 aliphatic heterocycles. The smallest absolute Gasteiger partial charge is 0.0346 e. The fourth-order valence-electron chi connectivity index (χ4n) is 9.18. The Labute approximate surface area is 289 Å². The van der Waals surface area contributed by atoms with Crippen LogP contribution in [0.2, 0.25) is 0 Å². The van der Waals surface area contributed by atoms with Crippen molar-refractivity contribution in [1.29, 1.82) is 0 Å². The molecule has 4 aromatic carbocycles. The SMILES string of the molecule is CC1(C2=C(C3=CC=C(c4c5c(c(-c6ccc(-c7ccccc7)cc6)c6ccccc46)=C4C=CC=C6C=CC=C(C=5)C64)CC3)CCC=C2)CC1. The molecule has 49 heavy (non-hydrogen) atoms. The Balaban J connectivity index is 1.23. The summed E-state index contributed by atoms with van der Waals surface area (Å²) in [5, 5.41) is 5.48. The number of hydrogen-bond acceptors (Lipinski definition) is 0. The zero-order valence-electron chi connectivity index (χ0n) is 28.2. The normalized spacial score (nSPS) is 21.3. The van der Waals surface area contributed by atoms with Crippen molar-refractivity contribution in [2.75, 3.05) is 0 Å². The Bertz CT molecular complexity index is 2460. The molecule has 4 aromatic rings. The molecule has 0 saturated heterocycles. The van der Waals surface area contributed by atoms with Gasteiger partial charge in [-0.05, 0) is 138 Å². The van der Waals surface area contributed by atoms with E-state index < -0.39 is 0 Å². The largest absolute Gasteiger partial charge is 0.0839 e. The molecular formula is C49H40. The molecule has 1 atom stereocenters. The highest BCUT2D eigenvalue weighted by Crippen LogP contribution is 2.55. The van der Waals surface area contributed by atoms with E-state index in [1.165, 1.54) is 90.6 Å². The van der Waals surface area contributed by atoms with Crippen LogP contribution in [0.3, 0.4) is 0 Å². The van der Waals surface area contributed by atoms with Gasteiger partial charge in [0.05, 0.1) is 0 Å². The Morgan fingerprint density at radius 3 is 2.04 bits per heavy atom. The molecule has 0 N–H and O–H groups in total. The van der Waals surface area contributed by atoms with Gasteiger partial charge in [0.15, 0.2) is 0 Å². The topological polar surface area (TPSA) is 0 Å².